The van der Waals surface area contributed by atoms with E-state index in [0.29, 0.717) is 13.1 Å². The normalized spacial score (nSPS) is 21.5. The van der Waals surface area contributed by atoms with E-state index in [-0.39, 0.29) is 13.2 Å². The standard InChI is InChI=1S/C7H17N3O2/c11-3-1-9-5-8-6-10(7-9)2-4-12/h8,11-12H,1-7H2. The molecule has 1 aliphatic rings. The van der Waals surface area contributed by atoms with Crippen LogP contribution in [0.4, 0.5) is 0 Å². The fourth-order valence-electron chi connectivity index (χ4n) is 1.33. The van der Waals surface area contributed by atoms with Crippen molar-refractivity contribution in [3.63, 3.8) is 0 Å². The molecular formula is C7H17N3O2. The van der Waals surface area contributed by atoms with E-state index in [1.54, 1.807) is 0 Å². The van der Waals surface area contributed by atoms with Gasteiger partial charge in [0.2, 0.25) is 0 Å². The number of nitrogens with zero attached hydrogens (tertiary/aromatic N) is 2. The second kappa shape index (κ2) is 5.45. The third-order valence-electron chi connectivity index (χ3n) is 1.90. The molecule has 1 heterocycles. The van der Waals surface area contributed by atoms with Crippen LogP contribution in [0.25, 0.3) is 0 Å². The second-order valence-corrected chi connectivity index (χ2v) is 2.94. The highest BCUT2D eigenvalue weighted by atomic mass is 16.3. The SMILES string of the molecule is OCCN1CNCN(CCO)C1. The third-order valence-corrected chi connectivity index (χ3v) is 1.90. The van der Waals surface area contributed by atoms with Crippen molar-refractivity contribution in [3.05, 3.63) is 0 Å². The zero-order chi connectivity index (χ0) is 8.81. The van der Waals surface area contributed by atoms with Crippen molar-refractivity contribution in [2.75, 3.05) is 46.3 Å². The smallest absolute Gasteiger partial charge is 0.0559 e. The average Bonchev–Trinajstić information content (AvgIpc) is 2.06. The van der Waals surface area contributed by atoms with Crippen LogP contribution in [0.2, 0.25) is 0 Å². The lowest BCUT2D eigenvalue weighted by Crippen LogP contribution is -2.54. The van der Waals surface area contributed by atoms with Crippen LogP contribution < -0.4 is 5.32 Å². The first-order valence-electron chi connectivity index (χ1n) is 4.24. The summed E-state index contributed by atoms with van der Waals surface area (Å²) in [4.78, 5) is 4.19. The Morgan fingerprint density at radius 2 is 1.50 bits per heavy atom. The van der Waals surface area contributed by atoms with E-state index >= 15 is 0 Å². The van der Waals surface area contributed by atoms with E-state index in [0.717, 1.165) is 20.0 Å². The molecule has 72 valence electrons. The molecule has 1 saturated heterocycles. The summed E-state index contributed by atoms with van der Waals surface area (Å²) in [6.07, 6.45) is 0. The summed E-state index contributed by atoms with van der Waals surface area (Å²) in [5.74, 6) is 0. The summed E-state index contributed by atoms with van der Waals surface area (Å²) in [5.41, 5.74) is 0. The van der Waals surface area contributed by atoms with Crippen LogP contribution in [0.1, 0.15) is 0 Å². The molecule has 0 amide bonds. The maximum Gasteiger partial charge on any atom is 0.0559 e. The summed E-state index contributed by atoms with van der Waals surface area (Å²) in [6.45, 7) is 4.23. The number of aliphatic hydroxyl groups excluding tert-OH is 2. The Labute approximate surface area is 72.6 Å². The second-order valence-electron chi connectivity index (χ2n) is 2.94. The molecule has 0 aromatic carbocycles. The number of nitrogens with one attached hydrogen (secondary N) is 1. The van der Waals surface area contributed by atoms with Gasteiger partial charge in [-0.1, -0.05) is 0 Å². The zero-order valence-corrected chi connectivity index (χ0v) is 7.24. The maximum atomic E-state index is 8.70. The van der Waals surface area contributed by atoms with E-state index in [9.17, 15) is 0 Å². The van der Waals surface area contributed by atoms with E-state index in [1.165, 1.54) is 0 Å². The van der Waals surface area contributed by atoms with Gasteiger partial charge in [-0.2, -0.15) is 0 Å². The monoisotopic (exact) mass is 175 g/mol. The molecule has 12 heavy (non-hydrogen) atoms. The third kappa shape index (κ3) is 3.04. The molecule has 0 unspecified atom stereocenters. The summed E-state index contributed by atoms with van der Waals surface area (Å²) in [6, 6.07) is 0. The predicted molar refractivity (Wildman–Crippen MR) is 45.3 cm³/mol. The summed E-state index contributed by atoms with van der Waals surface area (Å²) < 4.78 is 0. The van der Waals surface area contributed by atoms with Crippen LogP contribution in [0, 0.1) is 0 Å². The topological polar surface area (TPSA) is 59.0 Å². The van der Waals surface area contributed by atoms with Crippen LogP contribution in [0.3, 0.4) is 0 Å². The van der Waals surface area contributed by atoms with Crippen molar-refractivity contribution >= 4 is 0 Å². The Balaban J connectivity index is 2.20. The Bertz CT molecular complexity index is 107. The van der Waals surface area contributed by atoms with E-state index in [4.69, 9.17) is 10.2 Å². The van der Waals surface area contributed by atoms with Crippen LogP contribution in [0.15, 0.2) is 0 Å². The molecule has 0 aliphatic carbocycles. The fraction of sp³-hybridized carbons (Fsp3) is 1.00. The number of hydrogen-bond donors (Lipinski definition) is 3. The molecule has 1 rings (SSSR count). The minimum absolute atomic E-state index is 0.189. The molecule has 0 saturated carbocycles. The summed E-state index contributed by atoms with van der Waals surface area (Å²) in [7, 11) is 0. The van der Waals surface area contributed by atoms with Gasteiger partial charge in [0, 0.05) is 13.1 Å². The first kappa shape index (κ1) is 9.88. The van der Waals surface area contributed by atoms with Gasteiger partial charge >= 0.3 is 0 Å². The van der Waals surface area contributed by atoms with Gasteiger partial charge in [0.15, 0.2) is 0 Å². The minimum Gasteiger partial charge on any atom is -0.395 e. The van der Waals surface area contributed by atoms with Gasteiger partial charge in [0.05, 0.1) is 33.2 Å². The van der Waals surface area contributed by atoms with Crippen LogP contribution in [-0.2, 0) is 0 Å². The summed E-state index contributed by atoms with van der Waals surface area (Å²) >= 11 is 0. The molecule has 0 aromatic heterocycles. The van der Waals surface area contributed by atoms with Crippen LogP contribution >= 0.6 is 0 Å². The van der Waals surface area contributed by atoms with Gasteiger partial charge in [-0.05, 0) is 0 Å². The number of rotatable bonds is 4. The van der Waals surface area contributed by atoms with Crippen molar-refractivity contribution in [3.8, 4) is 0 Å². The Morgan fingerprint density at radius 3 is 1.92 bits per heavy atom. The van der Waals surface area contributed by atoms with Gasteiger partial charge in [-0.15, -0.1) is 0 Å². The largest absolute Gasteiger partial charge is 0.395 e. The molecule has 0 aromatic rings. The highest BCUT2D eigenvalue weighted by Crippen LogP contribution is 1.96. The maximum absolute atomic E-state index is 8.70. The number of hydrogen-bond acceptors (Lipinski definition) is 5. The van der Waals surface area contributed by atoms with E-state index < -0.39 is 0 Å². The van der Waals surface area contributed by atoms with Crippen molar-refractivity contribution in [1.29, 1.82) is 0 Å². The van der Waals surface area contributed by atoms with Crippen molar-refractivity contribution in [1.82, 2.24) is 15.1 Å². The molecule has 1 aliphatic heterocycles. The molecular weight excluding hydrogens is 158 g/mol. The quantitative estimate of drug-likeness (QED) is 0.464. The van der Waals surface area contributed by atoms with Crippen molar-refractivity contribution in [2.45, 2.75) is 0 Å². The van der Waals surface area contributed by atoms with Gasteiger partial charge in [0.25, 0.3) is 0 Å². The van der Waals surface area contributed by atoms with Gasteiger partial charge in [-0.3, -0.25) is 15.1 Å². The molecule has 0 bridgehead atoms. The van der Waals surface area contributed by atoms with Gasteiger partial charge in [-0.25, -0.2) is 0 Å². The zero-order valence-electron chi connectivity index (χ0n) is 7.24. The average molecular weight is 175 g/mol. The molecule has 5 nitrogen and oxygen atoms in total. The lowest BCUT2D eigenvalue weighted by molar-refractivity contribution is 0.0424. The Morgan fingerprint density at radius 1 is 1.00 bits per heavy atom. The van der Waals surface area contributed by atoms with Crippen molar-refractivity contribution < 1.29 is 10.2 Å². The fourth-order valence-corrected chi connectivity index (χ4v) is 1.33. The number of aliphatic hydroxyl groups is 2. The van der Waals surface area contributed by atoms with Crippen molar-refractivity contribution in [2.24, 2.45) is 0 Å². The lowest BCUT2D eigenvalue weighted by Gasteiger charge is -2.35. The highest BCUT2D eigenvalue weighted by molar-refractivity contribution is 4.64. The Hall–Kier alpha value is -0.200. The van der Waals surface area contributed by atoms with E-state index in [1.807, 2.05) is 0 Å². The highest BCUT2D eigenvalue weighted by Gasteiger charge is 2.14. The minimum atomic E-state index is 0.189. The molecule has 0 radical (unpaired) electrons. The molecule has 0 spiro atoms. The molecule has 0 atom stereocenters. The van der Waals surface area contributed by atoms with Gasteiger partial charge in [0.1, 0.15) is 0 Å². The summed E-state index contributed by atoms with van der Waals surface area (Å²) in [5, 5.41) is 20.6. The number of β-amino-alcohol motifs (C(OH)–C–C–N with tert-alkyl or cyclic N) is 2. The first-order valence-corrected chi connectivity index (χ1v) is 4.24. The Kier molecular flexibility index (Phi) is 4.49. The molecule has 5 heteroatoms. The van der Waals surface area contributed by atoms with Crippen LogP contribution in [-0.4, -0.2) is 66.3 Å². The first-order chi connectivity index (χ1) is 5.86. The van der Waals surface area contributed by atoms with E-state index in [2.05, 4.69) is 15.1 Å². The van der Waals surface area contributed by atoms with Crippen LogP contribution in [0.5, 0.6) is 0 Å². The predicted octanol–water partition coefficient (Wildman–Crippen LogP) is -1.95. The molecule has 1 fully saturated rings. The van der Waals surface area contributed by atoms with Gasteiger partial charge < -0.3 is 10.2 Å². The lowest BCUT2D eigenvalue weighted by atomic mass is 10.5. The molecule has 3 N–H and O–H groups in total.